The summed E-state index contributed by atoms with van der Waals surface area (Å²) in [6, 6.07) is 0.133. The van der Waals surface area contributed by atoms with E-state index < -0.39 is 0 Å². The Morgan fingerprint density at radius 1 is 1.67 bits per heavy atom. The summed E-state index contributed by atoms with van der Waals surface area (Å²) in [7, 11) is 0. The highest BCUT2D eigenvalue weighted by atomic mass is 16.5. The highest BCUT2D eigenvalue weighted by Crippen LogP contribution is 2.03. The Hall–Kier alpha value is -0.650. The normalized spacial score (nSPS) is 22.7. The molecular weight excluding hydrogens is 196 g/mol. The van der Waals surface area contributed by atoms with Crippen LogP contribution in [0.25, 0.3) is 0 Å². The second kappa shape index (κ2) is 6.76. The third kappa shape index (κ3) is 4.15. The molecule has 1 atom stereocenters. The lowest BCUT2D eigenvalue weighted by Gasteiger charge is -2.34. The van der Waals surface area contributed by atoms with Gasteiger partial charge in [-0.05, 0) is 6.92 Å². The van der Waals surface area contributed by atoms with Gasteiger partial charge in [0.25, 0.3) is 0 Å². The lowest BCUT2D eigenvalue weighted by atomic mass is 10.2. The van der Waals surface area contributed by atoms with E-state index in [9.17, 15) is 4.79 Å². The lowest BCUT2D eigenvalue weighted by molar-refractivity contribution is -0.143. The smallest absolute Gasteiger partial charge is 0.307 e. The summed E-state index contributed by atoms with van der Waals surface area (Å²) in [5.41, 5.74) is 0. The van der Waals surface area contributed by atoms with Crippen molar-refractivity contribution in [3.05, 3.63) is 0 Å². The fourth-order valence-corrected chi connectivity index (χ4v) is 1.75. The fourth-order valence-electron chi connectivity index (χ4n) is 1.75. The predicted octanol–water partition coefficient (Wildman–Crippen LogP) is -0.794. The molecule has 1 fully saturated rings. The summed E-state index contributed by atoms with van der Waals surface area (Å²) >= 11 is 0. The quantitative estimate of drug-likeness (QED) is 0.590. The maximum atomic E-state index is 11.2. The Kier molecular flexibility index (Phi) is 5.60. The Labute approximate surface area is 90.4 Å². The molecule has 1 aliphatic rings. The average molecular weight is 216 g/mol. The molecule has 0 saturated carbocycles. The van der Waals surface area contributed by atoms with E-state index in [-0.39, 0.29) is 18.6 Å². The summed E-state index contributed by atoms with van der Waals surface area (Å²) in [5.74, 6) is -0.160. The minimum absolute atomic E-state index is 0.133. The van der Waals surface area contributed by atoms with Crippen LogP contribution >= 0.6 is 0 Å². The summed E-state index contributed by atoms with van der Waals surface area (Å²) in [6.45, 7) is 5.63. The number of esters is 1. The molecule has 88 valence electrons. The molecule has 0 bridgehead atoms. The van der Waals surface area contributed by atoms with Gasteiger partial charge in [-0.25, -0.2) is 0 Å². The number of rotatable bonds is 5. The maximum Gasteiger partial charge on any atom is 0.307 e. The van der Waals surface area contributed by atoms with Crippen LogP contribution in [0.5, 0.6) is 0 Å². The standard InChI is InChI=1S/C10H20N2O3/c1-2-15-10(14)3-5-12-6-4-11-7-9(12)8-13/h9,11,13H,2-8H2,1H3/t9-/m0/s1. The zero-order valence-corrected chi connectivity index (χ0v) is 9.24. The van der Waals surface area contributed by atoms with Gasteiger partial charge in [0.15, 0.2) is 0 Å². The van der Waals surface area contributed by atoms with Crippen molar-refractivity contribution in [2.45, 2.75) is 19.4 Å². The van der Waals surface area contributed by atoms with Gasteiger partial charge in [0.2, 0.25) is 0 Å². The molecule has 5 heteroatoms. The molecular formula is C10H20N2O3. The highest BCUT2D eigenvalue weighted by molar-refractivity contribution is 5.69. The summed E-state index contributed by atoms with van der Waals surface area (Å²) in [5, 5.41) is 12.3. The molecule has 15 heavy (non-hydrogen) atoms. The SMILES string of the molecule is CCOC(=O)CCN1CCNC[C@H]1CO. The fraction of sp³-hybridized carbons (Fsp3) is 0.900. The van der Waals surface area contributed by atoms with Crippen molar-refractivity contribution < 1.29 is 14.6 Å². The average Bonchev–Trinajstić information content (AvgIpc) is 2.27. The van der Waals surface area contributed by atoms with Crippen LogP contribution in [0.15, 0.2) is 0 Å². The molecule has 1 aliphatic heterocycles. The molecule has 0 aromatic carbocycles. The number of nitrogens with one attached hydrogen (secondary N) is 1. The molecule has 5 nitrogen and oxygen atoms in total. The van der Waals surface area contributed by atoms with Crippen LogP contribution in [0.4, 0.5) is 0 Å². The van der Waals surface area contributed by atoms with Crippen molar-refractivity contribution in [2.75, 3.05) is 39.4 Å². The predicted molar refractivity (Wildman–Crippen MR) is 56.6 cm³/mol. The molecule has 0 unspecified atom stereocenters. The van der Waals surface area contributed by atoms with Crippen LogP contribution in [0.2, 0.25) is 0 Å². The Balaban J connectivity index is 2.26. The van der Waals surface area contributed by atoms with Crippen molar-refractivity contribution in [2.24, 2.45) is 0 Å². The molecule has 1 saturated heterocycles. The molecule has 0 spiro atoms. The van der Waals surface area contributed by atoms with Crippen molar-refractivity contribution in [3.63, 3.8) is 0 Å². The van der Waals surface area contributed by atoms with E-state index in [2.05, 4.69) is 10.2 Å². The molecule has 0 aromatic rings. The number of aliphatic hydroxyl groups excluding tert-OH is 1. The first-order chi connectivity index (χ1) is 7.27. The van der Waals surface area contributed by atoms with Gasteiger partial charge in [0.1, 0.15) is 0 Å². The molecule has 0 amide bonds. The molecule has 1 rings (SSSR count). The van der Waals surface area contributed by atoms with Gasteiger partial charge in [-0.3, -0.25) is 9.69 Å². The zero-order valence-electron chi connectivity index (χ0n) is 9.24. The van der Waals surface area contributed by atoms with Gasteiger partial charge in [-0.2, -0.15) is 0 Å². The Morgan fingerprint density at radius 3 is 3.13 bits per heavy atom. The first kappa shape index (κ1) is 12.4. The topological polar surface area (TPSA) is 61.8 Å². The third-order valence-corrected chi connectivity index (χ3v) is 2.59. The number of ether oxygens (including phenoxy) is 1. The van der Waals surface area contributed by atoms with Gasteiger partial charge in [-0.1, -0.05) is 0 Å². The Bertz CT molecular complexity index is 199. The molecule has 0 aliphatic carbocycles. The van der Waals surface area contributed by atoms with E-state index in [0.29, 0.717) is 19.6 Å². The number of aliphatic hydroxyl groups is 1. The van der Waals surface area contributed by atoms with Gasteiger partial charge in [-0.15, -0.1) is 0 Å². The van der Waals surface area contributed by atoms with E-state index in [1.165, 1.54) is 0 Å². The van der Waals surface area contributed by atoms with E-state index in [4.69, 9.17) is 9.84 Å². The van der Waals surface area contributed by atoms with Crippen LogP contribution < -0.4 is 5.32 Å². The zero-order chi connectivity index (χ0) is 11.1. The lowest BCUT2D eigenvalue weighted by Crippen LogP contribution is -2.53. The van der Waals surface area contributed by atoms with E-state index in [0.717, 1.165) is 19.6 Å². The summed E-state index contributed by atoms with van der Waals surface area (Å²) in [6.07, 6.45) is 0.407. The monoisotopic (exact) mass is 216 g/mol. The Morgan fingerprint density at radius 2 is 2.47 bits per heavy atom. The van der Waals surface area contributed by atoms with Crippen LogP contribution in [0, 0.1) is 0 Å². The number of carbonyl (C=O) groups is 1. The first-order valence-corrected chi connectivity index (χ1v) is 5.49. The number of hydrogen-bond acceptors (Lipinski definition) is 5. The van der Waals surface area contributed by atoms with Crippen LogP contribution in [0.3, 0.4) is 0 Å². The van der Waals surface area contributed by atoms with Crippen LogP contribution in [0.1, 0.15) is 13.3 Å². The third-order valence-electron chi connectivity index (χ3n) is 2.59. The molecule has 0 aromatic heterocycles. The van der Waals surface area contributed by atoms with Gasteiger partial charge < -0.3 is 15.2 Å². The minimum Gasteiger partial charge on any atom is -0.466 e. The highest BCUT2D eigenvalue weighted by Gasteiger charge is 2.21. The summed E-state index contributed by atoms with van der Waals surface area (Å²) in [4.78, 5) is 13.3. The second-order valence-corrected chi connectivity index (χ2v) is 3.63. The molecule has 2 N–H and O–H groups in total. The van der Waals surface area contributed by atoms with Gasteiger partial charge >= 0.3 is 5.97 Å². The minimum atomic E-state index is -0.160. The number of hydrogen-bond donors (Lipinski definition) is 2. The second-order valence-electron chi connectivity index (χ2n) is 3.63. The van der Waals surface area contributed by atoms with E-state index in [1.54, 1.807) is 6.92 Å². The van der Waals surface area contributed by atoms with E-state index >= 15 is 0 Å². The number of nitrogens with zero attached hydrogens (tertiary/aromatic N) is 1. The largest absolute Gasteiger partial charge is 0.466 e. The number of carbonyl (C=O) groups excluding carboxylic acids is 1. The number of piperazine rings is 1. The van der Waals surface area contributed by atoms with Crippen LogP contribution in [-0.4, -0.2) is 61.4 Å². The van der Waals surface area contributed by atoms with Crippen LogP contribution in [-0.2, 0) is 9.53 Å². The van der Waals surface area contributed by atoms with Gasteiger partial charge in [0, 0.05) is 32.2 Å². The summed E-state index contributed by atoms with van der Waals surface area (Å²) < 4.78 is 4.86. The van der Waals surface area contributed by atoms with Crippen molar-refractivity contribution in [1.29, 1.82) is 0 Å². The molecule has 1 heterocycles. The maximum absolute atomic E-state index is 11.2. The molecule has 0 radical (unpaired) electrons. The van der Waals surface area contributed by atoms with Crippen molar-refractivity contribution in [1.82, 2.24) is 10.2 Å². The van der Waals surface area contributed by atoms with Crippen molar-refractivity contribution in [3.8, 4) is 0 Å². The first-order valence-electron chi connectivity index (χ1n) is 5.49. The van der Waals surface area contributed by atoms with E-state index in [1.807, 2.05) is 0 Å². The van der Waals surface area contributed by atoms with Crippen molar-refractivity contribution >= 4 is 5.97 Å². The van der Waals surface area contributed by atoms with Gasteiger partial charge in [0.05, 0.1) is 19.6 Å².